The van der Waals surface area contributed by atoms with Crippen molar-refractivity contribution >= 4 is 45.2 Å². The van der Waals surface area contributed by atoms with Crippen molar-refractivity contribution in [3.63, 3.8) is 0 Å². The van der Waals surface area contributed by atoms with Crippen molar-refractivity contribution in [2.24, 2.45) is 0 Å². The maximum absolute atomic E-state index is 11.8. The molecule has 0 radical (unpaired) electrons. The first kappa shape index (κ1) is 18.3. The fourth-order valence-electron chi connectivity index (χ4n) is 1.99. The summed E-state index contributed by atoms with van der Waals surface area (Å²) in [6, 6.07) is 14.3. The second-order valence-corrected chi connectivity index (χ2v) is 6.31. The fourth-order valence-corrected chi connectivity index (χ4v) is 2.59. The van der Waals surface area contributed by atoms with Gasteiger partial charge in [-0.15, -0.1) is 0 Å². The van der Waals surface area contributed by atoms with E-state index >= 15 is 0 Å². The summed E-state index contributed by atoms with van der Waals surface area (Å²) >= 11 is 9.24. The van der Waals surface area contributed by atoms with Crippen molar-refractivity contribution in [1.82, 2.24) is 10.6 Å². The van der Waals surface area contributed by atoms with Crippen molar-refractivity contribution < 1.29 is 9.59 Å². The van der Waals surface area contributed by atoms with E-state index in [1.165, 1.54) is 0 Å². The van der Waals surface area contributed by atoms with Crippen LogP contribution < -0.4 is 16.0 Å². The molecule has 0 atom stereocenters. The molecular formula is C17H17BrClN3O2. The van der Waals surface area contributed by atoms with E-state index in [1.807, 2.05) is 36.4 Å². The predicted octanol–water partition coefficient (Wildman–Crippen LogP) is 3.58. The van der Waals surface area contributed by atoms with Gasteiger partial charge in [-0.3, -0.25) is 4.79 Å². The molecule has 7 heteroatoms. The average molecular weight is 411 g/mol. The fraction of sp³-hybridized carbons (Fsp3) is 0.176. The molecule has 0 aliphatic rings. The third-order valence-corrected chi connectivity index (χ3v) is 4.07. The number of urea groups is 1. The molecule has 3 N–H and O–H groups in total. The molecule has 0 bridgehead atoms. The minimum Gasteiger partial charge on any atom is -0.338 e. The van der Waals surface area contributed by atoms with Crippen LogP contribution in [0.1, 0.15) is 5.56 Å². The van der Waals surface area contributed by atoms with Crippen LogP contribution in [-0.4, -0.2) is 25.0 Å². The number of hydrogen-bond donors (Lipinski definition) is 3. The Kier molecular flexibility index (Phi) is 7.08. The van der Waals surface area contributed by atoms with Gasteiger partial charge in [-0.1, -0.05) is 35.9 Å². The van der Waals surface area contributed by atoms with Gasteiger partial charge in [0.2, 0.25) is 5.91 Å². The van der Waals surface area contributed by atoms with Crippen LogP contribution in [0.2, 0.25) is 5.02 Å². The molecule has 0 aliphatic heterocycles. The lowest BCUT2D eigenvalue weighted by atomic mass is 10.1. The van der Waals surface area contributed by atoms with Crippen LogP contribution in [0.15, 0.2) is 53.0 Å². The molecule has 24 heavy (non-hydrogen) atoms. The highest BCUT2D eigenvalue weighted by molar-refractivity contribution is 9.10. The molecule has 5 nitrogen and oxygen atoms in total. The van der Waals surface area contributed by atoms with Crippen molar-refractivity contribution in [3.05, 3.63) is 63.6 Å². The van der Waals surface area contributed by atoms with Gasteiger partial charge in [-0.25, -0.2) is 4.79 Å². The Morgan fingerprint density at radius 3 is 2.58 bits per heavy atom. The number of benzene rings is 2. The number of amides is 3. The van der Waals surface area contributed by atoms with E-state index in [1.54, 1.807) is 12.1 Å². The Balaban J connectivity index is 1.67. The molecule has 0 saturated heterocycles. The van der Waals surface area contributed by atoms with Crippen LogP contribution in [-0.2, 0) is 11.2 Å². The topological polar surface area (TPSA) is 70.2 Å². The second kappa shape index (κ2) is 9.30. The van der Waals surface area contributed by atoms with Gasteiger partial charge in [-0.2, -0.15) is 0 Å². The number of rotatable bonds is 6. The maximum atomic E-state index is 11.8. The van der Waals surface area contributed by atoms with Crippen LogP contribution in [0, 0.1) is 0 Å². The highest BCUT2D eigenvalue weighted by Gasteiger charge is 2.07. The smallest absolute Gasteiger partial charge is 0.315 e. The normalized spacial score (nSPS) is 10.1. The van der Waals surface area contributed by atoms with Crippen LogP contribution in [0.25, 0.3) is 0 Å². The molecular weight excluding hydrogens is 394 g/mol. The lowest BCUT2D eigenvalue weighted by Gasteiger charge is -2.09. The van der Waals surface area contributed by atoms with Crippen LogP contribution in [0.4, 0.5) is 10.5 Å². The summed E-state index contributed by atoms with van der Waals surface area (Å²) in [5.74, 6) is -0.299. The Labute approximate surface area is 153 Å². The van der Waals surface area contributed by atoms with Gasteiger partial charge in [0.25, 0.3) is 0 Å². The summed E-state index contributed by atoms with van der Waals surface area (Å²) in [5, 5.41) is 8.59. The summed E-state index contributed by atoms with van der Waals surface area (Å²) < 4.78 is 0.782. The molecule has 0 unspecified atom stereocenters. The van der Waals surface area contributed by atoms with Crippen LogP contribution in [0.5, 0.6) is 0 Å². The zero-order chi connectivity index (χ0) is 17.4. The van der Waals surface area contributed by atoms with E-state index in [9.17, 15) is 9.59 Å². The van der Waals surface area contributed by atoms with E-state index in [2.05, 4.69) is 31.9 Å². The third-order valence-electron chi connectivity index (χ3n) is 3.15. The summed E-state index contributed by atoms with van der Waals surface area (Å²) in [7, 11) is 0. The largest absolute Gasteiger partial charge is 0.338 e. The Morgan fingerprint density at radius 1 is 1.04 bits per heavy atom. The van der Waals surface area contributed by atoms with Gasteiger partial charge in [0, 0.05) is 16.0 Å². The van der Waals surface area contributed by atoms with Gasteiger partial charge in [0.05, 0.1) is 12.2 Å². The van der Waals surface area contributed by atoms with Gasteiger partial charge in [-0.05, 0) is 52.2 Å². The quantitative estimate of drug-likeness (QED) is 0.681. The number of carbonyl (C=O) groups excluding carboxylic acids is 2. The molecule has 2 aromatic rings. The summed E-state index contributed by atoms with van der Waals surface area (Å²) in [5.41, 5.74) is 1.69. The van der Waals surface area contributed by atoms with Crippen molar-refractivity contribution in [2.75, 3.05) is 18.4 Å². The number of carbonyl (C=O) groups is 2. The van der Waals surface area contributed by atoms with Crippen molar-refractivity contribution in [3.8, 4) is 0 Å². The Morgan fingerprint density at radius 2 is 1.83 bits per heavy atom. The van der Waals surface area contributed by atoms with Gasteiger partial charge in [0.15, 0.2) is 0 Å². The molecule has 2 aromatic carbocycles. The van der Waals surface area contributed by atoms with E-state index in [4.69, 9.17) is 11.6 Å². The first-order valence-electron chi connectivity index (χ1n) is 7.35. The van der Waals surface area contributed by atoms with Crippen LogP contribution in [0.3, 0.4) is 0 Å². The monoisotopic (exact) mass is 409 g/mol. The maximum Gasteiger partial charge on any atom is 0.315 e. The number of halogens is 2. The highest BCUT2D eigenvalue weighted by Crippen LogP contribution is 2.20. The van der Waals surface area contributed by atoms with Gasteiger partial charge < -0.3 is 16.0 Å². The molecule has 0 fully saturated rings. The van der Waals surface area contributed by atoms with Crippen molar-refractivity contribution in [1.29, 1.82) is 0 Å². The second-order valence-electron chi connectivity index (χ2n) is 5.02. The van der Waals surface area contributed by atoms with E-state index < -0.39 is 0 Å². The lowest BCUT2D eigenvalue weighted by molar-refractivity contribution is -0.115. The third kappa shape index (κ3) is 6.22. The number of para-hydroxylation sites is 1. The number of anilines is 1. The standard InChI is InChI=1S/C17H17BrClN3O2/c18-14-6-1-2-7-15(14)22-16(23)11-21-17(24)20-9-8-12-4-3-5-13(19)10-12/h1-7,10H,8-9,11H2,(H,22,23)(H2,20,21,24). The first-order chi connectivity index (χ1) is 11.5. The lowest BCUT2D eigenvalue weighted by Crippen LogP contribution is -2.40. The Hall–Kier alpha value is -2.05. The zero-order valence-corrected chi connectivity index (χ0v) is 15.2. The number of nitrogens with one attached hydrogen (secondary N) is 3. The van der Waals surface area contributed by atoms with Gasteiger partial charge >= 0.3 is 6.03 Å². The average Bonchev–Trinajstić information content (AvgIpc) is 2.55. The van der Waals surface area contributed by atoms with Gasteiger partial charge in [0.1, 0.15) is 0 Å². The molecule has 3 amide bonds. The molecule has 0 heterocycles. The van der Waals surface area contributed by atoms with Crippen LogP contribution >= 0.6 is 27.5 Å². The first-order valence-corrected chi connectivity index (χ1v) is 8.52. The highest BCUT2D eigenvalue weighted by atomic mass is 79.9. The van der Waals surface area contributed by atoms with E-state index in [-0.39, 0.29) is 18.5 Å². The molecule has 0 spiro atoms. The zero-order valence-electron chi connectivity index (χ0n) is 12.8. The summed E-state index contributed by atoms with van der Waals surface area (Å²) in [6.07, 6.45) is 0.664. The van der Waals surface area contributed by atoms with Crippen molar-refractivity contribution in [2.45, 2.75) is 6.42 Å². The molecule has 0 aliphatic carbocycles. The minimum atomic E-state index is -0.390. The summed E-state index contributed by atoms with van der Waals surface area (Å²) in [6.45, 7) is 0.350. The predicted molar refractivity (Wildman–Crippen MR) is 99.3 cm³/mol. The number of hydrogen-bond acceptors (Lipinski definition) is 2. The molecule has 0 aromatic heterocycles. The summed E-state index contributed by atoms with van der Waals surface area (Å²) in [4.78, 5) is 23.5. The minimum absolute atomic E-state index is 0.107. The van der Waals surface area contributed by atoms with E-state index in [0.717, 1.165) is 10.0 Å². The molecule has 0 saturated carbocycles. The van der Waals surface area contributed by atoms with E-state index in [0.29, 0.717) is 23.7 Å². The SMILES string of the molecule is O=C(CNC(=O)NCCc1cccc(Cl)c1)Nc1ccccc1Br. The molecule has 2 rings (SSSR count). The Bertz CT molecular complexity index is 724. The molecule has 126 valence electrons.